The number of nitrogens with zero attached hydrogens (tertiary/aromatic N) is 2. The summed E-state index contributed by atoms with van der Waals surface area (Å²) < 4.78 is 54.8. The molecular formula is C20H31N4O15P3. The molecule has 3 unspecified atom stereocenters. The first kappa shape index (κ1) is 34.4. The van der Waals surface area contributed by atoms with Crippen molar-refractivity contribution in [1.82, 2.24) is 19.5 Å². The summed E-state index contributed by atoms with van der Waals surface area (Å²) in [5.74, 6) is 0. The molecule has 22 heteroatoms. The van der Waals surface area contributed by atoms with E-state index < -0.39 is 65.4 Å². The van der Waals surface area contributed by atoms with Gasteiger partial charge < -0.3 is 34.5 Å². The minimum absolute atomic E-state index is 0.180. The van der Waals surface area contributed by atoms with Crippen LogP contribution in [0.3, 0.4) is 0 Å². The SMILES string of the molecule is CC(C)=CCC/C(C)=C/CC(OP(=O)(O)OP(=O)(O)OP(=O)(O)O)[C@H]1O[C@@H](n2cnc3c(=O)[nH]c(=O)[nH]c32)[C@H](O)[C@@H]1O. The van der Waals surface area contributed by atoms with Gasteiger partial charge in [-0.2, -0.15) is 8.62 Å². The highest BCUT2D eigenvalue weighted by Gasteiger charge is 2.50. The van der Waals surface area contributed by atoms with Gasteiger partial charge in [0.2, 0.25) is 0 Å². The van der Waals surface area contributed by atoms with E-state index in [0.29, 0.717) is 12.8 Å². The number of aliphatic hydroxyl groups is 2. The lowest BCUT2D eigenvalue weighted by atomic mass is 10.0. The molecule has 3 rings (SSSR count). The van der Waals surface area contributed by atoms with Crippen LogP contribution >= 0.6 is 23.5 Å². The van der Waals surface area contributed by atoms with Crippen molar-refractivity contribution >= 4 is 34.6 Å². The van der Waals surface area contributed by atoms with Crippen LogP contribution in [0.1, 0.15) is 46.3 Å². The molecule has 42 heavy (non-hydrogen) atoms. The Morgan fingerprint density at radius 3 is 2.33 bits per heavy atom. The second-order valence-electron chi connectivity index (χ2n) is 9.57. The predicted molar refractivity (Wildman–Crippen MR) is 143 cm³/mol. The number of hydrogen-bond acceptors (Lipinski definition) is 12. The van der Waals surface area contributed by atoms with Gasteiger partial charge in [0.05, 0.1) is 6.33 Å². The van der Waals surface area contributed by atoms with Crippen molar-refractivity contribution in [2.24, 2.45) is 0 Å². The summed E-state index contributed by atoms with van der Waals surface area (Å²) >= 11 is 0. The summed E-state index contributed by atoms with van der Waals surface area (Å²) in [4.78, 5) is 69.2. The first-order chi connectivity index (χ1) is 19.3. The molecule has 0 amide bonds. The van der Waals surface area contributed by atoms with Crippen LogP contribution in [0.25, 0.3) is 11.2 Å². The Kier molecular flexibility index (Phi) is 10.9. The van der Waals surface area contributed by atoms with Crippen LogP contribution in [0.15, 0.2) is 39.2 Å². The van der Waals surface area contributed by atoms with Crippen LogP contribution in [0, 0.1) is 0 Å². The number of hydrogen-bond donors (Lipinski definition) is 8. The van der Waals surface area contributed by atoms with E-state index in [0.717, 1.165) is 22.0 Å². The van der Waals surface area contributed by atoms with Crippen LogP contribution in [0.2, 0.25) is 0 Å². The number of phosphoric acid groups is 3. The van der Waals surface area contributed by atoms with E-state index in [-0.39, 0.29) is 17.6 Å². The molecule has 1 aliphatic rings. The molecule has 19 nitrogen and oxygen atoms in total. The van der Waals surface area contributed by atoms with Crippen molar-refractivity contribution in [3.8, 4) is 0 Å². The Morgan fingerprint density at radius 1 is 1.05 bits per heavy atom. The van der Waals surface area contributed by atoms with Crippen molar-refractivity contribution in [3.05, 3.63) is 50.5 Å². The molecule has 3 heterocycles. The number of phosphoric ester groups is 1. The first-order valence-electron chi connectivity index (χ1n) is 12.1. The zero-order chi connectivity index (χ0) is 31.6. The smallest absolute Gasteiger partial charge is 0.387 e. The number of aliphatic hydroxyl groups excluding tert-OH is 2. The molecule has 0 spiro atoms. The lowest BCUT2D eigenvalue weighted by Crippen LogP contribution is -2.39. The monoisotopic (exact) mass is 660 g/mol. The van der Waals surface area contributed by atoms with Gasteiger partial charge in [-0.15, -0.1) is 0 Å². The number of aromatic amines is 2. The average Bonchev–Trinajstić information content (AvgIpc) is 3.35. The van der Waals surface area contributed by atoms with Crippen molar-refractivity contribution < 1.29 is 61.4 Å². The fraction of sp³-hybridized carbons (Fsp3) is 0.550. The van der Waals surface area contributed by atoms with Gasteiger partial charge in [-0.05, 0) is 40.0 Å². The lowest BCUT2D eigenvalue weighted by molar-refractivity contribution is -0.0798. The molecular weight excluding hydrogens is 629 g/mol. The quantitative estimate of drug-likeness (QED) is 0.109. The molecule has 2 aromatic rings. The second kappa shape index (κ2) is 13.3. The Labute approximate surface area is 236 Å². The zero-order valence-electron chi connectivity index (χ0n) is 22.3. The lowest BCUT2D eigenvalue weighted by Gasteiger charge is -2.27. The van der Waals surface area contributed by atoms with Crippen LogP contribution in [0.4, 0.5) is 0 Å². The number of fused-ring (bicyclic) bond motifs is 1. The van der Waals surface area contributed by atoms with Crippen LogP contribution < -0.4 is 11.2 Å². The van der Waals surface area contributed by atoms with Gasteiger partial charge >= 0.3 is 29.2 Å². The third-order valence-electron chi connectivity index (χ3n) is 5.86. The number of rotatable bonds is 13. The molecule has 7 atom stereocenters. The largest absolute Gasteiger partial charge is 0.490 e. The fourth-order valence-electron chi connectivity index (χ4n) is 4.08. The molecule has 1 saturated heterocycles. The minimum atomic E-state index is -5.86. The van der Waals surface area contributed by atoms with E-state index in [1.165, 1.54) is 0 Å². The summed E-state index contributed by atoms with van der Waals surface area (Å²) in [5.41, 5.74) is -0.335. The van der Waals surface area contributed by atoms with Crippen LogP contribution in [-0.2, 0) is 31.6 Å². The van der Waals surface area contributed by atoms with Crippen LogP contribution in [0.5, 0.6) is 0 Å². The van der Waals surface area contributed by atoms with E-state index in [9.17, 15) is 43.3 Å². The number of H-pyrrole nitrogens is 2. The number of nitrogens with one attached hydrogen (secondary N) is 2. The van der Waals surface area contributed by atoms with Gasteiger partial charge in [0.15, 0.2) is 11.7 Å². The van der Waals surface area contributed by atoms with E-state index in [1.807, 2.05) is 24.9 Å². The molecule has 0 radical (unpaired) electrons. The van der Waals surface area contributed by atoms with Gasteiger partial charge in [0.1, 0.15) is 30.1 Å². The maximum Gasteiger partial charge on any atom is 0.490 e. The molecule has 8 N–H and O–H groups in total. The van der Waals surface area contributed by atoms with Gasteiger partial charge in [0, 0.05) is 0 Å². The summed E-state index contributed by atoms with van der Waals surface area (Å²) in [6.07, 6.45) is -3.05. The molecule has 0 bridgehead atoms. The van der Waals surface area contributed by atoms with Crippen molar-refractivity contribution in [3.63, 3.8) is 0 Å². The minimum Gasteiger partial charge on any atom is -0.387 e. The van der Waals surface area contributed by atoms with Crippen LogP contribution in [-0.4, -0.2) is 73.7 Å². The van der Waals surface area contributed by atoms with E-state index in [4.69, 9.17) is 19.0 Å². The number of allylic oxidation sites excluding steroid dienone is 3. The molecule has 236 valence electrons. The van der Waals surface area contributed by atoms with E-state index in [1.54, 1.807) is 13.0 Å². The fourth-order valence-corrected chi connectivity index (χ4v) is 7.29. The maximum absolute atomic E-state index is 12.6. The standard InChI is InChI=1S/C20H31N4O15P3/c1-10(2)5-4-6-11(3)7-8-12(37-41(32,33)39-42(34,35)38-40(29,30)31)16-14(25)15(26)19(36-16)24-9-21-13-17(24)22-20(28)23-18(13)27/h5,7,9,12,14-16,19,25-26H,4,6,8H2,1-3H3,(H,32,33)(H,34,35)(H2,29,30,31)(H2,22,23,27,28)/b11-7+/t12?,14-,15+,16+,19+/m0/s1. The highest BCUT2D eigenvalue weighted by molar-refractivity contribution is 7.66. The Bertz CT molecular complexity index is 1600. The van der Waals surface area contributed by atoms with E-state index >= 15 is 0 Å². The molecule has 2 aromatic heterocycles. The first-order valence-corrected chi connectivity index (χ1v) is 16.6. The third-order valence-corrected chi connectivity index (χ3v) is 9.72. The number of imidazole rings is 1. The second-order valence-corrected chi connectivity index (χ2v) is 13.9. The molecule has 0 aromatic carbocycles. The summed E-state index contributed by atoms with van der Waals surface area (Å²) in [6.45, 7) is 5.55. The van der Waals surface area contributed by atoms with Gasteiger partial charge in [-0.3, -0.25) is 23.9 Å². The number of aromatic nitrogens is 4. The summed E-state index contributed by atoms with van der Waals surface area (Å²) in [6, 6.07) is 0. The molecule has 0 aliphatic carbocycles. The average molecular weight is 660 g/mol. The highest BCUT2D eigenvalue weighted by atomic mass is 31.3. The number of ether oxygens (including phenoxy) is 1. The van der Waals surface area contributed by atoms with Gasteiger partial charge in [-0.25, -0.2) is 23.5 Å². The molecule has 0 saturated carbocycles. The van der Waals surface area contributed by atoms with Crippen molar-refractivity contribution in [2.45, 2.75) is 70.7 Å². The summed E-state index contributed by atoms with van der Waals surface area (Å²) in [7, 11) is -17.2. The Morgan fingerprint density at radius 2 is 1.71 bits per heavy atom. The predicted octanol–water partition coefficient (Wildman–Crippen LogP) is 0.827. The normalized spacial score (nSPS) is 25.2. The Balaban J connectivity index is 1.93. The van der Waals surface area contributed by atoms with Gasteiger partial charge in [0.25, 0.3) is 5.56 Å². The van der Waals surface area contributed by atoms with Crippen molar-refractivity contribution in [1.29, 1.82) is 0 Å². The highest BCUT2D eigenvalue weighted by Crippen LogP contribution is 2.66. The molecule has 1 aliphatic heterocycles. The third kappa shape index (κ3) is 9.21. The molecule has 1 fully saturated rings. The van der Waals surface area contributed by atoms with Crippen molar-refractivity contribution in [2.75, 3.05) is 0 Å². The van der Waals surface area contributed by atoms with Gasteiger partial charge in [-0.1, -0.05) is 23.3 Å². The van der Waals surface area contributed by atoms with E-state index in [2.05, 4.69) is 18.6 Å². The maximum atomic E-state index is 12.6. The topological polar surface area (TPSA) is 293 Å². The zero-order valence-corrected chi connectivity index (χ0v) is 25.0. The Hall–Kier alpha value is -2.08. The summed E-state index contributed by atoms with van der Waals surface area (Å²) in [5, 5.41) is 21.6.